The maximum atomic E-state index is 12.9. The molecular formula is C26H25Cl2N5O. The summed E-state index contributed by atoms with van der Waals surface area (Å²) in [5, 5.41) is 11.9. The zero-order chi connectivity index (χ0) is 22.8. The van der Waals surface area contributed by atoms with Crippen LogP contribution in [0.4, 0.5) is 5.82 Å². The van der Waals surface area contributed by atoms with Gasteiger partial charge in [0.1, 0.15) is 11.7 Å². The fourth-order valence-electron chi connectivity index (χ4n) is 4.28. The summed E-state index contributed by atoms with van der Waals surface area (Å²) in [6.07, 6.45) is 0. The molecule has 3 aromatic carbocycles. The van der Waals surface area contributed by atoms with Gasteiger partial charge < -0.3 is 15.5 Å². The Balaban J connectivity index is 0.00000274. The average molecular weight is 494 g/mol. The number of benzene rings is 3. The first-order valence-electron chi connectivity index (χ1n) is 11.0. The fourth-order valence-corrected chi connectivity index (χ4v) is 4.41. The minimum atomic E-state index is -0.642. The van der Waals surface area contributed by atoms with E-state index in [1.165, 1.54) is 0 Å². The molecule has 2 N–H and O–H groups in total. The molecule has 0 spiro atoms. The summed E-state index contributed by atoms with van der Waals surface area (Å²) in [6.45, 7) is 2.53. The van der Waals surface area contributed by atoms with Crippen LogP contribution < -0.4 is 10.6 Å². The van der Waals surface area contributed by atoms with Crippen LogP contribution in [-0.2, 0) is 4.79 Å². The summed E-state index contributed by atoms with van der Waals surface area (Å²) >= 11 is 6.05. The van der Waals surface area contributed by atoms with Crippen molar-refractivity contribution >= 4 is 46.5 Å². The Bertz CT molecular complexity index is 1280. The second kappa shape index (κ2) is 10.4. The standard InChI is InChI=1S/C26H24ClN5O.ClH/c27-20-12-10-19(11-13-20)24-21-8-4-5-9-22(21)25(30-29-24)31-14-16-32(17-15-31)26(33)23(28)18-6-2-1-3-7-18;/h1-13,23H,14-17,28H2;1H/t23-;/m0./s1. The monoisotopic (exact) mass is 493 g/mol. The van der Waals surface area contributed by atoms with Gasteiger partial charge in [0.2, 0.25) is 5.91 Å². The van der Waals surface area contributed by atoms with Crippen molar-refractivity contribution in [2.75, 3.05) is 31.1 Å². The van der Waals surface area contributed by atoms with Crippen LogP contribution in [0.2, 0.25) is 5.02 Å². The lowest BCUT2D eigenvalue weighted by atomic mass is 10.0. The molecule has 8 heteroatoms. The van der Waals surface area contributed by atoms with Gasteiger partial charge in [-0.15, -0.1) is 22.6 Å². The number of nitrogens with two attached hydrogens (primary N) is 1. The lowest BCUT2D eigenvalue weighted by Crippen LogP contribution is -2.51. The summed E-state index contributed by atoms with van der Waals surface area (Å²) in [5.41, 5.74) is 8.87. The van der Waals surface area contributed by atoms with Gasteiger partial charge in [-0.1, -0.05) is 78.3 Å². The number of carbonyl (C=O) groups is 1. The van der Waals surface area contributed by atoms with Crippen molar-refractivity contribution in [1.29, 1.82) is 0 Å². The van der Waals surface area contributed by atoms with Crippen LogP contribution in [0.1, 0.15) is 11.6 Å². The van der Waals surface area contributed by atoms with Gasteiger partial charge in [-0.3, -0.25) is 4.79 Å². The molecule has 174 valence electrons. The summed E-state index contributed by atoms with van der Waals surface area (Å²) in [7, 11) is 0. The van der Waals surface area contributed by atoms with E-state index < -0.39 is 6.04 Å². The van der Waals surface area contributed by atoms with Crippen LogP contribution in [0.3, 0.4) is 0 Å². The van der Waals surface area contributed by atoms with Crippen molar-refractivity contribution in [2.24, 2.45) is 5.73 Å². The Morgan fingerprint density at radius 3 is 2.12 bits per heavy atom. The normalized spacial score (nSPS) is 14.5. The Morgan fingerprint density at radius 2 is 1.44 bits per heavy atom. The summed E-state index contributed by atoms with van der Waals surface area (Å²) < 4.78 is 0. The molecular weight excluding hydrogens is 469 g/mol. The Labute approximate surface area is 209 Å². The number of piperazine rings is 1. The molecule has 1 amide bonds. The Hall–Kier alpha value is -3.19. The van der Waals surface area contributed by atoms with Gasteiger partial charge in [-0.25, -0.2) is 0 Å². The van der Waals surface area contributed by atoms with Crippen molar-refractivity contribution in [3.05, 3.63) is 89.4 Å². The highest BCUT2D eigenvalue weighted by atomic mass is 35.5. The minimum Gasteiger partial charge on any atom is -0.351 e. The van der Waals surface area contributed by atoms with Gasteiger partial charge in [0.05, 0.1) is 0 Å². The quantitative estimate of drug-likeness (QED) is 0.445. The largest absolute Gasteiger partial charge is 0.351 e. The van der Waals surface area contributed by atoms with Gasteiger partial charge in [0.15, 0.2) is 5.82 Å². The molecule has 4 aromatic rings. The van der Waals surface area contributed by atoms with Crippen LogP contribution in [-0.4, -0.2) is 47.2 Å². The first-order valence-corrected chi connectivity index (χ1v) is 11.4. The van der Waals surface area contributed by atoms with E-state index in [0.717, 1.165) is 33.4 Å². The predicted molar refractivity (Wildman–Crippen MR) is 139 cm³/mol. The second-order valence-corrected chi connectivity index (χ2v) is 8.56. The third-order valence-electron chi connectivity index (χ3n) is 6.10. The molecule has 0 aliphatic carbocycles. The number of rotatable bonds is 4. The van der Waals surface area contributed by atoms with E-state index >= 15 is 0 Å². The second-order valence-electron chi connectivity index (χ2n) is 8.13. The molecule has 0 radical (unpaired) electrons. The van der Waals surface area contributed by atoms with Gasteiger partial charge in [-0.05, 0) is 17.7 Å². The molecule has 5 rings (SSSR count). The zero-order valence-corrected chi connectivity index (χ0v) is 20.0. The Morgan fingerprint density at radius 1 is 0.824 bits per heavy atom. The smallest absolute Gasteiger partial charge is 0.244 e. The maximum Gasteiger partial charge on any atom is 0.244 e. The first kappa shape index (κ1) is 24.0. The molecule has 0 unspecified atom stereocenters. The van der Waals surface area contributed by atoms with E-state index in [2.05, 4.69) is 27.2 Å². The van der Waals surface area contributed by atoms with E-state index in [0.29, 0.717) is 31.2 Å². The van der Waals surface area contributed by atoms with Crippen LogP contribution in [0, 0.1) is 0 Å². The minimum absolute atomic E-state index is 0. The highest BCUT2D eigenvalue weighted by Gasteiger charge is 2.27. The highest BCUT2D eigenvalue weighted by Crippen LogP contribution is 2.32. The van der Waals surface area contributed by atoms with Gasteiger partial charge >= 0.3 is 0 Å². The molecule has 6 nitrogen and oxygen atoms in total. The predicted octanol–water partition coefficient (Wildman–Crippen LogP) is 4.72. The molecule has 34 heavy (non-hydrogen) atoms. The molecule has 1 aromatic heterocycles. The summed E-state index contributed by atoms with van der Waals surface area (Å²) in [6, 6.07) is 24.7. The molecule has 1 saturated heterocycles. The number of halogens is 2. The maximum absolute atomic E-state index is 12.9. The fraction of sp³-hybridized carbons (Fsp3) is 0.192. The molecule has 1 atom stereocenters. The number of aromatic nitrogens is 2. The van der Waals surface area contributed by atoms with Crippen molar-refractivity contribution in [3.63, 3.8) is 0 Å². The number of fused-ring (bicyclic) bond motifs is 1. The van der Waals surface area contributed by atoms with E-state index in [-0.39, 0.29) is 18.3 Å². The molecule has 0 saturated carbocycles. The number of carbonyl (C=O) groups excluding carboxylic acids is 1. The first-order chi connectivity index (χ1) is 16.1. The molecule has 0 bridgehead atoms. The highest BCUT2D eigenvalue weighted by molar-refractivity contribution is 6.30. The molecule has 1 aliphatic heterocycles. The van der Waals surface area contributed by atoms with E-state index in [1.54, 1.807) is 0 Å². The average Bonchev–Trinajstić information content (AvgIpc) is 2.88. The van der Waals surface area contributed by atoms with E-state index in [9.17, 15) is 4.79 Å². The molecule has 2 heterocycles. The number of amides is 1. The van der Waals surface area contributed by atoms with Crippen LogP contribution >= 0.6 is 24.0 Å². The van der Waals surface area contributed by atoms with Crippen LogP contribution in [0.5, 0.6) is 0 Å². The van der Waals surface area contributed by atoms with Crippen molar-refractivity contribution in [3.8, 4) is 11.3 Å². The zero-order valence-electron chi connectivity index (χ0n) is 18.5. The number of hydrogen-bond donors (Lipinski definition) is 1. The number of nitrogens with zero attached hydrogens (tertiary/aromatic N) is 4. The third-order valence-corrected chi connectivity index (χ3v) is 6.35. The molecule has 1 fully saturated rings. The summed E-state index contributed by atoms with van der Waals surface area (Å²) in [5.74, 6) is 0.789. The van der Waals surface area contributed by atoms with E-state index in [1.807, 2.05) is 71.6 Å². The van der Waals surface area contributed by atoms with Gasteiger partial charge in [-0.2, -0.15) is 0 Å². The van der Waals surface area contributed by atoms with Gasteiger partial charge in [0.25, 0.3) is 0 Å². The lowest BCUT2D eigenvalue weighted by molar-refractivity contribution is -0.133. The van der Waals surface area contributed by atoms with Crippen molar-refractivity contribution < 1.29 is 4.79 Å². The summed E-state index contributed by atoms with van der Waals surface area (Å²) in [4.78, 5) is 17.0. The third kappa shape index (κ3) is 4.71. The molecule has 1 aliphatic rings. The SMILES string of the molecule is Cl.N[C@H](C(=O)N1CCN(c2nnc(-c3ccc(Cl)cc3)c3ccccc23)CC1)c1ccccc1. The van der Waals surface area contributed by atoms with E-state index in [4.69, 9.17) is 17.3 Å². The van der Waals surface area contributed by atoms with Crippen molar-refractivity contribution in [2.45, 2.75) is 6.04 Å². The number of hydrogen-bond acceptors (Lipinski definition) is 5. The van der Waals surface area contributed by atoms with Crippen molar-refractivity contribution in [1.82, 2.24) is 15.1 Å². The Kier molecular flexibility index (Phi) is 7.32. The van der Waals surface area contributed by atoms with Gasteiger partial charge in [0, 0.05) is 47.5 Å². The lowest BCUT2D eigenvalue weighted by Gasteiger charge is -2.36. The van der Waals surface area contributed by atoms with Crippen LogP contribution in [0.25, 0.3) is 22.0 Å². The van der Waals surface area contributed by atoms with Crippen LogP contribution in [0.15, 0.2) is 78.9 Å². The number of anilines is 1. The topological polar surface area (TPSA) is 75.4 Å².